The Bertz CT molecular complexity index is 932. The van der Waals surface area contributed by atoms with Gasteiger partial charge in [0, 0.05) is 4.47 Å². The standard InChI is InChI=1S/C11H6BrN9S/c12-7-1-3-8(4-2-7)20-11(14-17-18-20)22-10-6-5-9-13-16-19-21(9)15-10/h1-6H. The van der Waals surface area contributed by atoms with Gasteiger partial charge in [-0.1, -0.05) is 15.9 Å². The summed E-state index contributed by atoms with van der Waals surface area (Å²) in [6.45, 7) is 0. The monoisotopic (exact) mass is 375 g/mol. The minimum atomic E-state index is 0.580. The highest BCUT2D eigenvalue weighted by Gasteiger charge is 2.12. The largest absolute Gasteiger partial charge is 0.220 e. The Balaban J connectivity index is 1.68. The maximum absolute atomic E-state index is 4.29. The molecule has 3 heterocycles. The van der Waals surface area contributed by atoms with Gasteiger partial charge in [-0.05, 0) is 69.0 Å². The van der Waals surface area contributed by atoms with Crippen molar-refractivity contribution in [2.75, 3.05) is 0 Å². The van der Waals surface area contributed by atoms with Crippen molar-refractivity contribution < 1.29 is 0 Å². The van der Waals surface area contributed by atoms with Crippen LogP contribution < -0.4 is 0 Å². The first kappa shape index (κ1) is 13.3. The number of aromatic nitrogens is 9. The van der Waals surface area contributed by atoms with E-state index in [1.54, 1.807) is 10.7 Å². The van der Waals surface area contributed by atoms with Crippen LogP contribution in [-0.4, -0.2) is 45.5 Å². The molecule has 0 atom stereocenters. The van der Waals surface area contributed by atoms with Gasteiger partial charge in [0.15, 0.2) is 5.65 Å². The fourth-order valence-corrected chi connectivity index (χ4v) is 2.78. The lowest BCUT2D eigenvalue weighted by Gasteiger charge is -2.03. The molecule has 0 bridgehead atoms. The molecule has 3 aromatic heterocycles. The number of halogens is 1. The highest BCUT2D eigenvalue weighted by Crippen LogP contribution is 2.25. The van der Waals surface area contributed by atoms with Gasteiger partial charge in [-0.2, -0.15) is 4.68 Å². The minimum Gasteiger partial charge on any atom is -0.187 e. The third-order valence-electron chi connectivity index (χ3n) is 2.75. The molecule has 0 spiro atoms. The molecular formula is C11H6BrN9S. The van der Waals surface area contributed by atoms with Crippen LogP contribution in [0.1, 0.15) is 0 Å². The van der Waals surface area contributed by atoms with Crippen LogP contribution in [0.25, 0.3) is 11.3 Å². The van der Waals surface area contributed by atoms with Crippen LogP contribution in [0.5, 0.6) is 0 Å². The molecule has 4 rings (SSSR count). The highest BCUT2D eigenvalue weighted by molar-refractivity contribution is 9.10. The Hall–Kier alpha value is -2.40. The molecule has 11 heteroatoms. The van der Waals surface area contributed by atoms with E-state index in [4.69, 9.17) is 0 Å². The molecule has 22 heavy (non-hydrogen) atoms. The quantitative estimate of drug-likeness (QED) is 0.529. The second-order valence-electron chi connectivity index (χ2n) is 4.15. The van der Waals surface area contributed by atoms with E-state index in [-0.39, 0.29) is 0 Å². The van der Waals surface area contributed by atoms with Gasteiger partial charge in [0.1, 0.15) is 5.03 Å². The normalized spacial score (nSPS) is 11.1. The van der Waals surface area contributed by atoms with Gasteiger partial charge in [0.05, 0.1) is 5.69 Å². The van der Waals surface area contributed by atoms with Gasteiger partial charge < -0.3 is 0 Å². The second-order valence-corrected chi connectivity index (χ2v) is 6.05. The summed E-state index contributed by atoms with van der Waals surface area (Å²) in [5.41, 5.74) is 1.44. The van der Waals surface area contributed by atoms with E-state index in [0.717, 1.165) is 10.2 Å². The molecule has 4 aromatic rings. The smallest absolute Gasteiger partial charge is 0.187 e. The molecule has 108 valence electrons. The van der Waals surface area contributed by atoms with Gasteiger partial charge >= 0.3 is 0 Å². The van der Waals surface area contributed by atoms with Crippen molar-refractivity contribution in [3.05, 3.63) is 40.9 Å². The summed E-state index contributed by atoms with van der Waals surface area (Å²) < 4.78 is 3.99. The Morgan fingerprint density at radius 2 is 1.73 bits per heavy atom. The first-order valence-corrected chi connectivity index (χ1v) is 7.68. The maximum atomic E-state index is 4.29. The molecule has 0 saturated heterocycles. The van der Waals surface area contributed by atoms with Crippen molar-refractivity contribution in [1.82, 2.24) is 45.5 Å². The van der Waals surface area contributed by atoms with E-state index in [9.17, 15) is 0 Å². The Morgan fingerprint density at radius 1 is 0.909 bits per heavy atom. The fourth-order valence-electron chi connectivity index (χ4n) is 1.77. The summed E-state index contributed by atoms with van der Waals surface area (Å²) in [7, 11) is 0. The van der Waals surface area contributed by atoms with Crippen molar-refractivity contribution in [2.24, 2.45) is 0 Å². The van der Waals surface area contributed by atoms with Gasteiger partial charge in [-0.3, -0.25) is 0 Å². The molecule has 0 saturated carbocycles. The second kappa shape index (κ2) is 5.42. The average Bonchev–Trinajstić information content (AvgIpc) is 3.17. The lowest BCUT2D eigenvalue weighted by atomic mass is 10.3. The van der Waals surface area contributed by atoms with Crippen LogP contribution >= 0.6 is 27.7 Å². The van der Waals surface area contributed by atoms with Crippen molar-refractivity contribution >= 4 is 33.3 Å². The topological polar surface area (TPSA) is 99.6 Å². The van der Waals surface area contributed by atoms with Crippen LogP contribution in [0.4, 0.5) is 0 Å². The molecular weight excluding hydrogens is 370 g/mol. The van der Waals surface area contributed by atoms with E-state index >= 15 is 0 Å². The molecule has 0 radical (unpaired) electrons. The van der Waals surface area contributed by atoms with Crippen molar-refractivity contribution in [1.29, 1.82) is 0 Å². The third-order valence-corrected chi connectivity index (χ3v) is 4.15. The molecule has 0 N–H and O–H groups in total. The number of nitrogens with zero attached hydrogens (tertiary/aromatic N) is 9. The zero-order valence-electron chi connectivity index (χ0n) is 10.8. The summed E-state index contributed by atoms with van der Waals surface area (Å²) >= 11 is 4.73. The highest BCUT2D eigenvalue weighted by atomic mass is 79.9. The Labute approximate surface area is 135 Å². The molecule has 1 aromatic carbocycles. The number of rotatable bonds is 3. The molecule has 0 aliphatic carbocycles. The third kappa shape index (κ3) is 2.44. The molecule has 0 amide bonds. The molecule has 0 aliphatic rings. The van der Waals surface area contributed by atoms with E-state index < -0.39 is 0 Å². The first-order chi connectivity index (χ1) is 10.8. The summed E-state index contributed by atoms with van der Waals surface area (Å²) in [6, 6.07) is 11.3. The SMILES string of the molecule is Brc1ccc(-n2nnnc2Sc2ccc3nnnn3n2)cc1. The van der Waals surface area contributed by atoms with Crippen LogP contribution in [0.15, 0.2) is 51.1 Å². The van der Waals surface area contributed by atoms with Gasteiger partial charge in [0.2, 0.25) is 5.16 Å². The minimum absolute atomic E-state index is 0.580. The number of benzene rings is 1. The van der Waals surface area contributed by atoms with E-state index in [0.29, 0.717) is 15.8 Å². The van der Waals surface area contributed by atoms with Gasteiger partial charge in [-0.25, -0.2) is 0 Å². The average molecular weight is 376 g/mol. The van der Waals surface area contributed by atoms with Crippen LogP contribution in [0.3, 0.4) is 0 Å². The predicted octanol–water partition coefficient (Wildman–Crippen LogP) is 1.41. The van der Waals surface area contributed by atoms with Gasteiger partial charge in [-0.15, -0.1) is 19.9 Å². The lowest BCUT2D eigenvalue weighted by Crippen LogP contribution is -2.00. The predicted molar refractivity (Wildman–Crippen MR) is 79.6 cm³/mol. The number of fused-ring (bicyclic) bond motifs is 1. The van der Waals surface area contributed by atoms with Crippen LogP contribution in [-0.2, 0) is 0 Å². The zero-order valence-corrected chi connectivity index (χ0v) is 13.2. The molecule has 0 unspecified atom stereocenters. The summed E-state index contributed by atoms with van der Waals surface area (Å²) in [5, 5.41) is 28.5. The molecule has 0 fully saturated rings. The number of tetrazole rings is 2. The van der Waals surface area contributed by atoms with Crippen molar-refractivity contribution in [3.8, 4) is 5.69 Å². The lowest BCUT2D eigenvalue weighted by molar-refractivity contribution is 0.700. The zero-order chi connectivity index (χ0) is 14.9. The van der Waals surface area contributed by atoms with E-state index in [1.165, 1.54) is 16.4 Å². The number of hydrogen-bond donors (Lipinski definition) is 0. The van der Waals surface area contributed by atoms with E-state index in [2.05, 4.69) is 52.1 Å². The molecule has 0 aliphatic heterocycles. The van der Waals surface area contributed by atoms with Crippen LogP contribution in [0, 0.1) is 0 Å². The van der Waals surface area contributed by atoms with Crippen molar-refractivity contribution in [3.63, 3.8) is 0 Å². The van der Waals surface area contributed by atoms with E-state index in [1.807, 2.05) is 30.3 Å². The summed E-state index contributed by atoms with van der Waals surface area (Å²) in [6.07, 6.45) is 0. The molecule has 9 nitrogen and oxygen atoms in total. The van der Waals surface area contributed by atoms with Crippen LogP contribution in [0.2, 0.25) is 0 Å². The Kier molecular flexibility index (Phi) is 3.27. The summed E-state index contributed by atoms with van der Waals surface area (Å²) in [4.78, 5) is 0. The summed E-state index contributed by atoms with van der Waals surface area (Å²) in [5.74, 6) is 0. The maximum Gasteiger partial charge on any atom is 0.220 e. The van der Waals surface area contributed by atoms with Crippen molar-refractivity contribution in [2.45, 2.75) is 10.2 Å². The fraction of sp³-hybridized carbons (Fsp3) is 0. The Morgan fingerprint density at radius 3 is 2.59 bits per heavy atom. The first-order valence-electron chi connectivity index (χ1n) is 6.07. The van der Waals surface area contributed by atoms with Gasteiger partial charge in [0.25, 0.3) is 0 Å². The number of hydrogen-bond acceptors (Lipinski definition) is 8.